The monoisotopic (exact) mass is 1250 g/mol. The van der Waals surface area contributed by atoms with Gasteiger partial charge >= 0.3 is 5.97 Å². The van der Waals surface area contributed by atoms with Gasteiger partial charge in [-0.25, -0.2) is 0 Å². The summed E-state index contributed by atoms with van der Waals surface area (Å²) in [6.45, 7) is 9.99. The predicted octanol–water partition coefficient (Wildman–Crippen LogP) is 16.7. The number of rotatable bonds is 29. The van der Waals surface area contributed by atoms with E-state index in [1.165, 1.54) is 218 Å². The molecule has 0 saturated heterocycles. The molecule has 7 aliphatic carbocycles. The standard InChI is InChI=1S/C21H34N2O3.C21H33NO.C19H28O2.C19H26O2/c1-3-16(10-11-22-2)5-4-12-26-20-9-7-17-13-19(23-15-21(24)25)8-6-18(17)14-20;1-2-22-20-12-10-19-16-21(13-11-18(19)15-20)23-14-6-9-17-7-4-3-5-8-17;2*20-18-10-8-17-14-19(11-9-16(17)13-18)21-12-4-7-15-5-2-1-3-6-15/h7,9,14,16,19,22-23H,3-6,8,10-13,15H2,1-2H3,(H,24,25);11,13,16-17,20,22H,2-10,12,14-15H2,1H3;9,11,14-15,18,20H,1-8,10,12-13H2;9,11,14-15H,1-8,10,12-13H2. The lowest BCUT2D eigenvalue weighted by molar-refractivity contribution is -0.136. The number of nitrogens with one attached hydrogen (secondary N) is 3. The first-order chi connectivity index (χ1) is 44.6. The van der Waals surface area contributed by atoms with Crippen molar-refractivity contribution in [2.24, 2.45) is 23.7 Å². The summed E-state index contributed by atoms with van der Waals surface area (Å²) in [5.74, 6) is 7.24. The number of Topliss-reactive ketones (excluding diaryl/α,β-unsaturated/α-hetero) is 1. The Balaban J connectivity index is 0.000000157. The number of fused-ring (bicyclic) bond motifs is 4. The van der Waals surface area contributed by atoms with Gasteiger partial charge in [0.25, 0.3) is 0 Å². The maximum Gasteiger partial charge on any atom is 0.317 e. The molecule has 0 aromatic heterocycles. The molecule has 11 nitrogen and oxygen atoms in total. The smallest absolute Gasteiger partial charge is 0.317 e. The SMILES string of the molecule is CCC(CCCOc1ccc2c(c1)CCC(NCC(=O)O)C2)CCNC.CCNC1CCc2cc(OCCCC3CCCCC3)ccc2C1.O=C1CCc2cc(OCCCC3CCCCC3)ccc2C1.OC1CCc2cc(OCCCC3CCCCC3)ccc2C1. The van der Waals surface area contributed by atoms with Crippen LogP contribution in [0.5, 0.6) is 23.0 Å². The Morgan fingerprint density at radius 1 is 0.484 bits per heavy atom. The fourth-order valence-electron chi connectivity index (χ4n) is 15.6. The number of carboxylic acids is 1. The van der Waals surface area contributed by atoms with E-state index >= 15 is 0 Å². The summed E-state index contributed by atoms with van der Waals surface area (Å²) in [5.41, 5.74) is 10.8. The largest absolute Gasteiger partial charge is 0.494 e. The molecule has 91 heavy (non-hydrogen) atoms. The molecule has 0 radical (unpaired) electrons. The maximum absolute atomic E-state index is 11.4. The molecule has 3 saturated carbocycles. The number of carbonyl (C=O) groups is 2. The van der Waals surface area contributed by atoms with Crippen molar-refractivity contribution in [3.05, 3.63) is 117 Å². The van der Waals surface area contributed by atoms with Crippen LogP contribution in [0.25, 0.3) is 0 Å². The summed E-state index contributed by atoms with van der Waals surface area (Å²) in [5, 5.41) is 28.4. The zero-order valence-corrected chi connectivity index (χ0v) is 56.9. The quantitative estimate of drug-likeness (QED) is 0.0331. The van der Waals surface area contributed by atoms with E-state index in [9.17, 15) is 14.7 Å². The topological polar surface area (TPSA) is 148 Å². The molecule has 3 fully saturated rings. The summed E-state index contributed by atoms with van der Waals surface area (Å²) in [6.07, 6.45) is 45.1. The Kier molecular flexibility index (Phi) is 32.4. The van der Waals surface area contributed by atoms with Gasteiger partial charge in [-0.2, -0.15) is 0 Å². The zero-order chi connectivity index (χ0) is 63.7. The molecule has 11 rings (SSSR count). The number of hydrogen-bond acceptors (Lipinski definition) is 10. The van der Waals surface area contributed by atoms with Crippen LogP contribution < -0.4 is 34.9 Å². The van der Waals surface area contributed by atoms with Crippen molar-refractivity contribution in [1.82, 2.24) is 16.0 Å². The van der Waals surface area contributed by atoms with Crippen LogP contribution in [0.1, 0.15) is 245 Å². The van der Waals surface area contributed by atoms with E-state index in [4.69, 9.17) is 24.1 Å². The number of aryl methyl sites for hydroxylation is 4. The fraction of sp³-hybridized carbons (Fsp3) is 0.675. The molecular formula is C80H121N3O8. The van der Waals surface area contributed by atoms with Crippen molar-refractivity contribution in [2.45, 2.75) is 270 Å². The summed E-state index contributed by atoms with van der Waals surface area (Å²) < 4.78 is 23.8. The van der Waals surface area contributed by atoms with Crippen molar-refractivity contribution in [3.63, 3.8) is 0 Å². The number of aliphatic hydroxyl groups is 1. The predicted molar refractivity (Wildman–Crippen MR) is 373 cm³/mol. The third kappa shape index (κ3) is 26.4. The van der Waals surface area contributed by atoms with E-state index in [0.717, 1.165) is 138 Å². The zero-order valence-electron chi connectivity index (χ0n) is 56.9. The van der Waals surface area contributed by atoms with Crippen molar-refractivity contribution in [3.8, 4) is 23.0 Å². The lowest BCUT2D eigenvalue weighted by atomic mass is 9.86. The second-order valence-electron chi connectivity index (χ2n) is 28.2. The van der Waals surface area contributed by atoms with E-state index in [1.807, 2.05) is 13.1 Å². The van der Waals surface area contributed by atoms with Crippen LogP contribution in [-0.4, -0.2) is 93.3 Å². The first-order valence-corrected chi connectivity index (χ1v) is 37.1. The van der Waals surface area contributed by atoms with Gasteiger partial charge in [0.1, 0.15) is 28.8 Å². The van der Waals surface area contributed by atoms with Crippen molar-refractivity contribution in [1.29, 1.82) is 0 Å². The number of ether oxygens (including phenoxy) is 4. The number of likely N-dealkylation sites (N-methyl/N-ethyl adjacent to an activating group) is 1. The third-order valence-corrected chi connectivity index (χ3v) is 21.1. The lowest BCUT2D eigenvalue weighted by Crippen LogP contribution is -2.37. The van der Waals surface area contributed by atoms with Crippen molar-refractivity contribution < 1.29 is 38.7 Å². The molecular weight excluding hydrogens is 1130 g/mol. The summed E-state index contributed by atoms with van der Waals surface area (Å²) in [4.78, 5) is 22.1. The number of benzene rings is 4. The Morgan fingerprint density at radius 2 is 0.901 bits per heavy atom. The Labute approximate surface area is 550 Å². The average Bonchev–Trinajstić information content (AvgIpc) is 2.23. The molecule has 0 bridgehead atoms. The number of hydrogen-bond donors (Lipinski definition) is 5. The number of carbonyl (C=O) groups excluding carboxylic acids is 1. The molecule has 4 unspecified atom stereocenters. The van der Waals surface area contributed by atoms with Gasteiger partial charge in [-0.3, -0.25) is 9.59 Å². The van der Waals surface area contributed by atoms with Crippen LogP contribution in [0.4, 0.5) is 0 Å². The van der Waals surface area contributed by atoms with Crippen LogP contribution in [0.2, 0.25) is 0 Å². The number of ketones is 1. The molecule has 5 N–H and O–H groups in total. The molecule has 4 aromatic rings. The molecule has 0 heterocycles. The van der Waals surface area contributed by atoms with Crippen molar-refractivity contribution in [2.75, 3.05) is 53.1 Å². The lowest BCUT2D eigenvalue weighted by Gasteiger charge is -2.25. The first kappa shape index (κ1) is 71.9. The van der Waals surface area contributed by atoms with E-state index in [1.54, 1.807) is 0 Å². The number of aliphatic carboxylic acids is 1. The van der Waals surface area contributed by atoms with Gasteiger partial charge in [0, 0.05) is 24.9 Å². The highest BCUT2D eigenvalue weighted by Crippen LogP contribution is 2.33. The molecule has 4 atom stereocenters. The molecule has 4 aromatic carbocycles. The highest BCUT2D eigenvalue weighted by atomic mass is 16.5. The van der Waals surface area contributed by atoms with Crippen LogP contribution in [0, 0.1) is 23.7 Å². The van der Waals surface area contributed by atoms with Crippen LogP contribution >= 0.6 is 0 Å². The van der Waals surface area contributed by atoms with Gasteiger partial charge in [-0.15, -0.1) is 0 Å². The van der Waals surface area contributed by atoms with E-state index in [0.29, 0.717) is 24.7 Å². The number of carboxylic acid groups (broad SMARTS) is 1. The average molecular weight is 1250 g/mol. The number of aliphatic hydroxyl groups excluding tert-OH is 1. The molecule has 11 heteroatoms. The van der Waals surface area contributed by atoms with Gasteiger partial charge in [0.2, 0.25) is 0 Å². The maximum atomic E-state index is 11.4. The Bertz CT molecular complexity index is 2710. The molecule has 7 aliphatic rings. The summed E-state index contributed by atoms with van der Waals surface area (Å²) >= 11 is 0. The highest BCUT2D eigenvalue weighted by Gasteiger charge is 2.23. The fourth-order valence-corrected chi connectivity index (χ4v) is 15.6. The molecule has 0 amide bonds. The summed E-state index contributed by atoms with van der Waals surface area (Å²) in [6, 6.07) is 26.7. The van der Waals surface area contributed by atoms with E-state index in [-0.39, 0.29) is 18.7 Å². The normalized spacial score (nSPS) is 20.3. The second kappa shape index (κ2) is 41.0. The van der Waals surface area contributed by atoms with Crippen molar-refractivity contribution >= 4 is 11.8 Å². The van der Waals surface area contributed by atoms with Gasteiger partial charge in [-0.1, -0.05) is 141 Å². The van der Waals surface area contributed by atoms with Crippen LogP contribution in [-0.2, 0) is 61.0 Å². The Hall–Kier alpha value is -4.94. The molecule has 504 valence electrons. The highest BCUT2D eigenvalue weighted by molar-refractivity contribution is 5.83. The summed E-state index contributed by atoms with van der Waals surface area (Å²) in [7, 11) is 2.01. The molecule has 0 spiro atoms. The minimum Gasteiger partial charge on any atom is -0.494 e. The van der Waals surface area contributed by atoms with E-state index in [2.05, 4.69) is 96.5 Å². The van der Waals surface area contributed by atoms with Gasteiger partial charge in [0.05, 0.1) is 39.1 Å². The van der Waals surface area contributed by atoms with Gasteiger partial charge in [0.15, 0.2) is 0 Å². The Morgan fingerprint density at radius 3 is 1.34 bits per heavy atom. The van der Waals surface area contributed by atoms with Gasteiger partial charge in [-0.05, 0) is 259 Å². The molecule has 0 aliphatic heterocycles. The van der Waals surface area contributed by atoms with Gasteiger partial charge < -0.3 is 45.1 Å². The second-order valence-corrected chi connectivity index (χ2v) is 28.2. The first-order valence-electron chi connectivity index (χ1n) is 37.1. The van der Waals surface area contributed by atoms with Crippen LogP contribution in [0.15, 0.2) is 72.8 Å². The van der Waals surface area contributed by atoms with E-state index < -0.39 is 5.97 Å². The third-order valence-electron chi connectivity index (χ3n) is 21.1. The van der Waals surface area contributed by atoms with Crippen LogP contribution in [0.3, 0.4) is 0 Å². The minimum absolute atomic E-state index is 0.0360. The minimum atomic E-state index is -0.796.